The maximum atomic E-state index is 5.65. The largest absolute Gasteiger partial charge is 0.344 e. The minimum absolute atomic E-state index is 0.730. The van der Waals surface area contributed by atoms with Crippen molar-refractivity contribution in [2.24, 2.45) is 5.73 Å². The van der Waals surface area contributed by atoms with Crippen molar-refractivity contribution in [3.05, 3.63) is 36.0 Å². The van der Waals surface area contributed by atoms with E-state index in [1.807, 2.05) is 0 Å². The molecule has 2 heteroatoms. The van der Waals surface area contributed by atoms with Crippen LogP contribution in [-0.2, 0) is 6.42 Å². The van der Waals surface area contributed by atoms with Crippen LogP contribution in [0.5, 0.6) is 0 Å². The standard InChI is InChI=1S/C14H18N2/c15-9-7-11-3-1-6-14-13(11)8-10-16(14)12-4-2-5-12/h1,3,6,8,10,12H,2,4-5,7,9,15H2. The molecule has 2 nitrogen and oxygen atoms in total. The Labute approximate surface area is 96.1 Å². The summed E-state index contributed by atoms with van der Waals surface area (Å²) in [6.07, 6.45) is 7.28. The summed E-state index contributed by atoms with van der Waals surface area (Å²) in [6, 6.07) is 9.57. The van der Waals surface area contributed by atoms with Crippen LogP contribution in [0, 0.1) is 0 Å². The third kappa shape index (κ3) is 1.45. The van der Waals surface area contributed by atoms with E-state index in [1.165, 1.54) is 35.7 Å². The second-order valence-electron chi connectivity index (χ2n) is 4.70. The van der Waals surface area contributed by atoms with Gasteiger partial charge in [-0.25, -0.2) is 0 Å². The predicted molar refractivity (Wildman–Crippen MR) is 67.6 cm³/mol. The molecule has 0 aliphatic heterocycles. The monoisotopic (exact) mass is 214 g/mol. The van der Waals surface area contributed by atoms with Gasteiger partial charge in [-0.15, -0.1) is 0 Å². The van der Waals surface area contributed by atoms with Crippen molar-refractivity contribution in [3.63, 3.8) is 0 Å². The van der Waals surface area contributed by atoms with E-state index in [0.29, 0.717) is 0 Å². The highest BCUT2D eigenvalue weighted by molar-refractivity contribution is 5.84. The molecule has 0 amide bonds. The molecule has 0 unspecified atom stereocenters. The first kappa shape index (κ1) is 9.91. The average Bonchev–Trinajstić information content (AvgIpc) is 2.62. The molecular weight excluding hydrogens is 196 g/mol. The molecule has 1 heterocycles. The van der Waals surface area contributed by atoms with Gasteiger partial charge >= 0.3 is 0 Å². The number of aromatic nitrogens is 1. The molecule has 1 saturated carbocycles. The third-order valence-corrected chi connectivity index (χ3v) is 3.74. The number of nitrogens with two attached hydrogens (primary N) is 1. The van der Waals surface area contributed by atoms with Gasteiger partial charge in [-0.2, -0.15) is 0 Å². The Bertz CT molecular complexity index is 494. The van der Waals surface area contributed by atoms with Gasteiger partial charge in [0.15, 0.2) is 0 Å². The first-order valence-electron chi connectivity index (χ1n) is 6.18. The molecule has 0 saturated heterocycles. The molecule has 0 radical (unpaired) electrons. The summed E-state index contributed by atoms with van der Waals surface area (Å²) in [5.41, 5.74) is 8.42. The average molecular weight is 214 g/mol. The summed E-state index contributed by atoms with van der Waals surface area (Å²) >= 11 is 0. The van der Waals surface area contributed by atoms with E-state index in [0.717, 1.165) is 19.0 Å². The minimum atomic E-state index is 0.730. The topological polar surface area (TPSA) is 30.9 Å². The van der Waals surface area contributed by atoms with E-state index in [4.69, 9.17) is 5.73 Å². The van der Waals surface area contributed by atoms with E-state index < -0.39 is 0 Å². The second kappa shape index (κ2) is 3.95. The molecule has 0 atom stereocenters. The second-order valence-corrected chi connectivity index (χ2v) is 4.70. The lowest BCUT2D eigenvalue weighted by molar-refractivity contribution is 0.321. The Hall–Kier alpha value is -1.28. The van der Waals surface area contributed by atoms with Crippen molar-refractivity contribution in [1.82, 2.24) is 4.57 Å². The fourth-order valence-electron chi connectivity index (χ4n) is 2.61. The molecule has 1 aromatic heterocycles. The molecule has 2 N–H and O–H groups in total. The summed E-state index contributed by atoms with van der Waals surface area (Å²) in [6.45, 7) is 0.730. The lowest BCUT2D eigenvalue weighted by atomic mass is 9.93. The van der Waals surface area contributed by atoms with Gasteiger partial charge in [0.05, 0.1) is 0 Å². The van der Waals surface area contributed by atoms with Crippen molar-refractivity contribution < 1.29 is 0 Å². The van der Waals surface area contributed by atoms with Crippen LogP contribution in [0.1, 0.15) is 30.9 Å². The highest BCUT2D eigenvalue weighted by Crippen LogP contribution is 2.35. The van der Waals surface area contributed by atoms with Crippen LogP contribution in [0.15, 0.2) is 30.5 Å². The first-order valence-corrected chi connectivity index (χ1v) is 6.18. The Morgan fingerprint density at radius 2 is 2.12 bits per heavy atom. The van der Waals surface area contributed by atoms with Crippen LogP contribution >= 0.6 is 0 Å². The zero-order chi connectivity index (χ0) is 11.0. The van der Waals surface area contributed by atoms with Crippen molar-refractivity contribution in [2.75, 3.05) is 6.54 Å². The zero-order valence-electron chi connectivity index (χ0n) is 9.52. The van der Waals surface area contributed by atoms with Crippen LogP contribution in [0.3, 0.4) is 0 Å². The molecule has 0 bridgehead atoms. The molecular formula is C14H18N2. The maximum Gasteiger partial charge on any atom is 0.0485 e. The van der Waals surface area contributed by atoms with Gasteiger partial charge in [0.1, 0.15) is 0 Å². The van der Waals surface area contributed by atoms with Crippen molar-refractivity contribution in [2.45, 2.75) is 31.7 Å². The molecule has 16 heavy (non-hydrogen) atoms. The lowest BCUT2D eigenvalue weighted by Crippen LogP contribution is -2.15. The summed E-state index contributed by atoms with van der Waals surface area (Å²) in [5, 5.41) is 1.39. The molecule has 1 aliphatic carbocycles. The van der Waals surface area contributed by atoms with Gasteiger partial charge in [-0.1, -0.05) is 12.1 Å². The number of fused-ring (bicyclic) bond motifs is 1. The molecule has 1 aliphatic rings. The molecule has 1 fully saturated rings. The lowest BCUT2D eigenvalue weighted by Gasteiger charge is -2.28. The summed E-state index contributed by atoms with van der Waals surface area (Å²) in [7, 11) is 0. The van der Waals surface area contributed by atoms with Crippen LogP contribution < -0.4 is 5.73 Å². The van der Waals surface area contributed by atoms with Crippen molar-refractivity contribution >= 4 is 10.9 Å². The van der Waals surface area contributed by atoms with Gasteiger partial charge in [-0.3, -0.25) is 0 Å². The fourth-order valence-corrected chi connectivity index (χ4v) is 2.61. The number of nitrogens with zero attached hydrogens (tertiary/aromatic N) is 1. The van der Waals surface area contributed by atoms with Crippen LogP contribution in [0.2, 0.25) is 0 Å². The van der Waals surface area contributed by atoms with E-state index >= 15 is 0 Å². The van der Waals surface area contributed by atoms with Gasteiger partial charge < -0.3 is 10.3 Å². The molecule has 84 valence electrons. The molecule has 2 aromatic rings. The van der Waals surface area contributed by atoms with Crippen molar-refractivity contribution in [1.29, 1.82) is 0 Å². The van der Waals surface area contributed by atoms with Gasteiger partial charge in [0.25, 0.3) is 0 Å². The summed E-state index contributed by atoms with van der Waals surface area (Å²) in [4.78, 5) is 0. The molecule has 1 aromatic carbocycles. The van der Waals surface area contributed by atoms with E-state index in [1.54, 1.807) is 0 Å². The predicted octanol–water partition coefficient (Wildman–Crippen LogP) is 2.87. The highest BCUT2D eigenvalue weighted by atomic mass is 15.0. The van der Waals surface area contributed by atoms with Crippen LogP contribution in [0.4, 0.5) is 0 Å². The Morgan fingerprint density at radius 3 is 2.81 bits per heavy atom. The SMILES string of the molecule is NCCc1cccc2c1ccn2C1CCC1. The normalized spacial score (nSPS) is 16.6. The fraction of sp³-hybridized carbons (Fsp3) is 0.429. The van der Waals surface area contributed by atoms with Gasteiger partial charge in [0, 0.05) is 23.1 Å². The Kier molecular flexibility index (Phi) is 2.44. The smallest absolute Gasteiger partial charge is 0.0485 e. The molecule has 0 spiro atoms. The zero-order valence-corrected chi connectivity index (χ0v) is 9.52. The van der Waals surface area contributed by atoms with E-state index in [9.17, 15) is 0 Å². The Morgan fingerprint density at radius 1 is 1.25 bits per heavy atom. The number of hydrogen-bond donors (Lipinski definition) is 1. The van der Waals surface area contributed by atoms with E-state index in [-0.39, 0.29) is 0 Å². The van der Waals surface area contributed by atoms with Crippen molar-refractivity contribution in [3.8, 4) is 0 Å². The highest BCUT2D eigenvalue weighted by Gasteiger charge is 2.20. The number of rotatable bonds is 3. The summed E-state index contributed by atoms with van der Waals surface area (Å²) in [5.74, 6) is 0. The summed E-state index contributed by atoms with van der Waals surface area (Å²) < 4.78 is 2.44. The maximum absolute atomic E-state index is 5.65. The van der Waals surface area contributed by atoms with Gasteiger partial charge in [-0.05, 0) is 49.9 Å². The quantitative estimate of drug-likeness (QED) is 0.836. The number of benzene rings is 1. The first-order chi connectivity index (χ1) is 7.90. The third-order valence-electron chi connectivity index (χ3n) is 3.74. The number of hydrogen-bond acceptors (Lipinski definition) is 1. The van der Waals surface area contributed by atoms with E-state index in [2.05, 4.69) is 35.0 Å². The minimum Gasteiger partial charge on any atom is -0.344 e. The molecule has 3 rings (SSSR count). The van der Waals surface area contributed by atoms with Crippen LogP contribution in [-0.4, -0.2) is 11.1 Å². The Balaban J connectivity index is 2.08. The van der Waals surface area contributed by atoms with Gasteiger partial charge in [0.2, 0.25) is 0 Å². The van der Waals surface area contributed by atoms with Crippen LogP contribution in [0.25, 0.3) is 10.9 Å².